The van der Waals surface area contributed by atoms with Crippen LogP contribution in [0.2, 0.25) is 0 Å². The topological polar surface area (TPSA) is 95.5 Å². The fraction of sp³-hybridized carbons (Fsp3) is 0.609. The Balaban J connectivity index is 1.45. The number of carbonyl (C=O) groups excluding carboxylic acids is 2. The van der Waals surface area contributed by atoms with Gasteiger partial charge in [-0.3, -0.25) is 14.4 Å². The molecule has 0 aliphatic heterocycles. The molecule has 6 nitrogen and oxygen atoms in total. The standard InChI is InChI=1S/C23H28N2O4S/c1-11-2-9-15-16(10-11)30-22(19(15)21(27)24-14-7-8-14)25-20(26)17-12-3-5-13(6-4-12)18(17)23(28)29/h3,5,11-14,17-18H,2,4,6-10H2,1H3,(H,24,27)(H,25,26)(H,28,29)/t11-,12-,13-,17-,18-/m0/s1. The molecule has 3 N–H and O–H groups in total. The van der Waals surface area contributed by atoms with Gasteiger partial charge in [0.2, 0.25) is 5.91 Å². The van der Waals surface area contributed by atoms with Crippen molar-refractivity contribution in [1.29, 1.82) is 0 Å². The normalized spacial score (nSPS) is 31.8. The molecule has 0 unspecified atom stereocenters. The molecule has 5 aliphatic rings. The number of amides is 2. The molecule has 30 heavy (non-hydrogen) atoms. The summed E-state index contributed by atoms with van der Waals surface area (Å²) in [7, 11) is 0. The summed E-state index contributed by atoms with van der Waals surface area (Å²) in [4.78, 5) is 39.5. The van der Waals surface area contributed by atoms with Crippen LogP contribution >= 0.6 is 11.3 Å². The van der Waals surface area contributed by atoms with Gasteiger partial charge in [-0.15, -0.1) is 11.3 Å². The highest BCUT2D eigenvalue weighted by atomic mass is 32.1. The Bertz CT molecular complexity index is 932. The molecule has 6 rings (SSSR count). The lowest BCUT2D eigenvalue weighted by Gasteiger charge is -2.41. The summed E-state index contributed by atoms with van der Waals surface area (Å²) in [5.41, 5.74) is 1.69. The van der Waals surface area contributed by atoms with Gasteiger partial charge in [-0.1, -0.05) is 19.1 Å². The van der Waals surface area contributed by atoms with Gasteiger partial charge in [-0.05, 0) is 68.3 Å². The maximum absolute atomic E-state index is 13.3. The summed E-state index contributed by atoms with van der Waals surface area (Å²) < 4.78 is 0. The predicted molar refractivity (Wildman–Crippen MR) is 115 cm³/mol. The number of hydrogen-bond donors (Lipinski definition) is 3. The number of carboxylic acid groups (broad SMARTS) is 1. The highest BCUT2D eigenvalue weighted by Gasteiger charge is 2.48. The van der Waals surface area contributed by atoms with E-state index in [1.807, 2.05) is 12.2 Å². The van der Waals surface area contributed by atoms with E-state index in [1.165, 1.54) is 16.2 Å². The fourth-order valence-electron chi connectivity index (χ4n) is 5.45. The van der Waals surface area contributed by atoms with Gasteiger partial charge in [0.05, 0.1) is 17.4 Å². The largest absolute Gasteiger partial charge is 0.481 e. The van der Waals surface area contributed by atoms with Crippen molar-refractivity contribution in [3.05, 3.63) is 28.2 Å². The van der Waals surface area contributed by atoms with Gasteiger partial charge in [-0.25, -0.2) is 0 Å². The van der Waals surface area contributed by atoms with Gasteiger partial charge in [-0.2, -0.15) is 0 Å². The van der Waals surface area contributed by atoms with Crippen LogP contribution in [0.1, 0.15) is 59.8 Å². The summed E-state index contributed by atoms with van der Waals surface area (Å²) in [6, 6.07) is 0.245. The lowest BCUT2D eigenvalue weighted by Crippen LogP contribution is -2.47. The third-order valence-corrected chi connectivity index (χ3v) is 8.39. The maximum atomic E-state index is 13.3. The zero-order valence-corrected chi connectivity index (χ0v) is 18.0. The molecule has 2 amide bonds. The minimum Gasteiger partial charge on any atom is -0.481 e. The Hall–Kier alpha value is -2.15. The molecule has 0 aromatic carbocycles. The molecule has 2 fully saturated rings. The molecule has 160 valence electrons. The predicted octanol–water partition coefficient (Wildman–Crippen LogP) is 3.62. The van der Waals surface area contributed by atoms with Crippen LogP contribution < -0.4 is 10.6 Å². The Labute approximate surface area is 180 Å². The zero-order valence-electron chi connectivity index (χ0n) is 17.1. The van der Waals surface area contributed by atoms with E-state index < -0.39 is 17.8 Å². The van der Waals surface area contributed by atoms with Crippen molar-refractivity contribution in [3.63, 3.8) is 0 Å². The number of nitrogens with one attached hydrogen (secondary N) is 2. The molecule has 1 heterocycles. The van der Waals surface area contributed by atoms with E-state index in [-0.39, 0.29) is 29.7 Å². The van der Waals surface area contributed by atoms with Crippen LogP contribution in [-0.4, -0.2) is 28.9 Å². The van der Waals surface area contributed by atoms with Crippen LogP contribution in [0.4, 0.5) is 5.00 Å². The Morgan fingerprint density at radius 2 is 1.73 bits per heavy atom. The monoisotopic (exact) mass is 428 g/mol. The second kappa shape index (κ2) is 7.52. The van der Waals surface area contributed by atoms with E-state index in [2.05, 4.69) is 17.6 Å². The number of anilines is 1. The molecule has 2 saturated carbocycles. The number of rotatable bonds is 5. The molecule has 0 radical (unpaired) electrons. The third-order valence-electron chi connectivity index (χ3n) is 7.22. The lowest BCUT2D eigenvalue weighted by molar-refractivity contribution is -0.151. The van der Waals surface area contributed by atoms with E-state index in [0.29, 0.717) is 16.5 Å². The summed E-state index contributed by atoms with van der Waals surface area (Å²) in [6.07, 6.45) is 10.5. The molecule has 0 spiro atoms. The number of thiophene rings is 1. The SMILES string of the molecule is C[C@H]1CCc2c(sc(NC(=O)[C@@H]3[C@@H](C(=O)O)[C@H]4C=C[C@H]3CC4)c2C(=O)NC2CC2)C1. The molecule has 2 bridgehead atoms. The van der Waals surface area contributed by atoms with Crippen molar-refractivity contribution < 1.29 is 19.5 Å². The summed E-state index contributed by atoms with van der Waals surface area (Å²) in [5.74, 6) is -2.09. The Morgan fingerprint density at radius 1 is 1.03 bits per heavy atom. The smallest absolute Gasteiger partial charge is 0.307 e. The molecule has 0 saturated heterocycles. The number of aliphatic carboxylic acids is 1. The van der Waals surface area contributed by atoms with E-state index in [9.17, 15) is 19.5 Å². The van der Waals surface area contributed by atoms with Crippen molar-refractivity contribution in [1.82, 2.24) is 5.32 Å². The van der Waals surface area contributed by atoms with E-state index in [1.54, 1.807) is 0 Å². The number of allylic oxidation sites excluding steroid dienone is 2. The zero-order chi connectivity index (χ0) is 21.0. The average Bonchev–Trinajstić information content (AvgIpc) is 3.46. The molecule has 7 heteroatoms. The van der Waals surface area contributed by atoms with Crippen LogP contribution in [0.15, 0.2) is 12.2 Å². The van der Waals surface area contributed by atoms with Crippen molar-refractivity contribution in [2.45, 2.75) is 57.9 Å². The molecule has 5 atom stereocenters. The van der Waals surface area contributed by atoms with Crippen molar-refractivity contribution in [2.24, 2.45) is 29.6 Å². The Morgan fingerprint density at radius 3 is 2.37 bits per heavy atom. The van der Waals surface area contributed by atoms with Crippen LogP contribution in [-0.2, 0) is 22.4 Å². The molecule has 1 aromatic heterocycles. The summed E-state index contributed by atoms with van der Waals surface area (Å²) in [6.45, 7) is 2.22. The summed E-state index contributed by atoms with van der Waals surface area (Å²) in [5, 5.41) is 16.5. The first-order valence-corrected chi connectivity index (χ1v) is 11.9. The molecular weight excluding hydrogens is 400 g/mol. The van der Waals surface area contributed by atoms with Gasteiger partial charge < -0.3 is 15.7 Å². The number of hydrogen-bond acceptors (Lipinski definition) is 4. The van der Waals surface area contributed by atoms with E-state index in [4.69, 9.17) is 0 Å². The molecule has 5 aliphatic carbocycles. The van der Waals surface area contributed by atoms with Crippen molar-refractivity contribution in [2.75, 3.05) is 5.32 Å². The first-order chi connectivity index (χ1) is 14.4. The maximum Gasteiger partial charge on any atom is 0.307 e. The first-order valence-electron chi connectivity index (χ1n) is 11.1. The van der Waals surface area contributed by atoms with Gasteiger partial charge in [0.25, 0.3) is 5.91 Å². The number of carboxylic acids is 1. The third kappa shape index (κ3) is 3.47. The van der Waals surface area contributed by atoms with Gasteiger partial charge >= 0.3 is 5.97 Å². The van der Waals surface area contributed by atoms with Crippen LogP contribution in [0.5, 0.6) is 0 Å². The van der Waals surface area contributed by atoms with Gasteiger partial charge in [0.15, 0.2) is 0 Å². The molecule has 1 aromatic rings. The van der Waals surface area contributed by atoms with E-state index >= 15 is 0 Å². The second-order valence-electron chi connectivity index (χ2n) is 9.47. The van der Waals surface area contributed by atoms with Crippen LogP contribution in [0, 0.1) is 29.6 Å². The quantitative estimate of drug-likeness (QED) is 0.624. The fourth-order valence-corrected chi connectivity index (χ4v) is 6.86. The van der Waals surface area contributed by atoms with Gasteiger partial charge in [0.1, 0.15) is 5.00 Å². The molecular formula is C23H28N2O4S. The average molecular weight is 429 g/mol. The number of fused-ring (bicyclic) bond motifs is 3. The van der Waals surface area contributed by atoms with Crippen LogP contribution in [0.25, 0.3) is 0 Å². The lowest BCUT2D eigenvalue weighted by atomic mass is 9.62. The van der Waals surface area contributed by atoms with E-state index in [0.717, 1.165) is 50.5 Å². The Kier molecular flexibility index (Phi) is 4.96. The second-order valence-corrected chi connectivity index (χ2v) is 10.6. The minimum absolute atomic E-state index is 0.0468. The van der Waals surface area contributed by atoms with Crippen LogP contribution in [0.3, 0.4) is 0 Å². The van der Waals surface area contributed by atoms with Crippen molar-refractivity contribution in [3.8, 4) is 0 Å². The highest BCUT2D eigenvalue weighted by molar-refractivity contribution is 7.17. The summed E-state index contributed by atoms with van der Waals surface area (Å²) >= 11 is 1.51. The highest BCUT2D eigenvalue weighted by Crippen LogP contribution is 2.46. The number of carbonyl (C=O) groups is 3. The minimum atomic E-state index is -0.903. The van der Waals surface area contributed by atoms with Gasteiger partial charge in [0, 0.05) is 10.9 Å². The van der Waals surface area contributed by atoms with Crippen molar-refractivity contribution >= 4 is 34.1 Å². The first kappa shape index (κ1) is 19.8.